The van der Waals surface area contributed by atoms with E-state index in [1.54, 1.807) is 12.1 Å². The zero-order chi connectivity index (χ0) is 24.7. The van der Waals surface area contributed by atoms with Gasteiger partial charge in [-0.2, -0.15) is 13.2 Å². The standard InChI is InChI=1S/C24H23ClF4N2O3/c25-17-5-3-16(4-6-17)23(34,24(27,28)29)21(33)31-11-9-22(10-12-31)13-20(32)30-14-19(22)15-1-7-18(26)8-2-15/h1-8,19,34H,9-14H2,(H,30,32)/t19-,23?/m0/s1. The Labute approximate surface area is 198 Å². The fourth-order valence-corrected chi connectivity index (χ4v) is 5.24. The molecule has 2 amide bonds. The van der Waals surface area contributed by atoms with E-state index < -0.39 is 34.5 Å². The van der Waals surface area contributed by atoms with Crippen molar-refractivity contribution in [3.8, 4) is 0 Å². The van der Waals surface area contributed by atoms with Gasteiger partial charge in [0.25, 0.3) is 11.5 Å². The van der Waals surface area contributed by atoms with Gasteiger partial charge in [0.2, 0.25) is 5.91 Å². The fourth-order valence-electron chi connectivity index (χ4n) is 5.11. The van der Waals surface area contributed by atoms with E-state index in [1.807, 2.05) is 0 Å². The summed E-state index contributed by atoms with van der Waals surface area (Å²) in [7, 11) is 0. The van der Waals surface area contributed by atoms with E-state index in [0.717, 1.165) is 22.6 Å². The molecule has 2 aliphatic heterocycles. The summed E-state index contributed by atoms with van der Waals surface area (Å²) in [5.41, 5.74) is -4.11. The summed E-state index contributed by atoms with van der Waals surface area (Å²) in [6.45, 7) is 0.196. The first-order valence-corrected chi connectivity index (χ1v) is 11.2. The SMILES string of the molecule is O=C1CC2(CCN(C(=O)C(O)(c3ccc(Cl)cc3)C(F)(F)F)CC2)[C@H](c2ccc(F)cc2)CN1. The zero-order valence-electron chi connectivity index (χ0n) is 18.0. The van der Waals surface area contributed by atoms with Crippen molar-refractivity contribution in [3.05, 3.63) is 70.5 Å². The van der Waals surface area contributed by atoms with Gasteiger partial charge in [0.05, 0.1) is 0 Å². The number of hydrogen-bond acceptors (Lipinski definition) is 3. The average molecular weight is 499 g/mol. The van der Waals surface area contributed by atoms with Crippen LogP contribution in [0.4, 0.5) is 17.6 Å². The number of rotatable bonds is 3. The van der Waals surface area contributed by atoms with Crippen LogP contribution in [0.15, 0.2) is 48.5 Å². The molecule has 0 radical (unpaired) electrons. The Morgan fingerprint density at radius 1 is 1.06 bits per heavy atom. The number of benzene rings is 2. The number of amides is 2. The molecule has 0 aliphatic carbocycles. The number of nitrogens with one attached hydrogen (secondary N) is 1. The quantitative estimate of drug-likeness (QED) is 0.625. The minimum absolute atomic E-state index is 0.0597. The van der Waals surface area contributed by atoms with Gasteiger partial charge in [0, 0.05) is 42.6 Å². The molecule has 1 spiro atoms. The number of aliphatic hydroxyl groups is 1. The van der Waals surface area contributed by atoms with Gasteiger partial charge in [-0.3, -0.25) is 9.59 Å². The Hall–Kier alpha value is -2.65. The van der Waals surface area contributed by atoms with Crippen LogP contribution in [0.25, 0.3) is 0 Å². The predicted octanol–water partition coefficient (Wildman–Crippen LogP) is 4.14. The van der Waals surface area contributed by atoms with Gasteiger partial charge in [-0.1, -0.05) is 35.9 Å². The second-order valence-corrected chi connectivity index (χ2v) is 9.39. The Morgan fingerprint density at radius 3 is 2.21 bits per heavy atom. The summed E-state index contributed by atoms with van der Waals surface area (Å²) in [4.78, 5) is 26.3. The van der Waals surface area contributed by atoms with Gasteiger partial charge in [-0.25, -0.2) is 4.39 Å². The maximum atomic E-state index is 14.0. The highest BCUT2D eigenvalue weighted by molar-refractivity contribution is 6.30. The first-order valence-electron chi connectivity index (χ1n) is 10.8. The molecule has 2 atom stereocenters. The second-order valence-electron chi connectivity index (χ2n) is 8.95. The highest BCUT2D eigenvalue weighted by Gasteiger charge is 2.62. The summed E-state index contributed by atoms with van der Waals surface area (Å²) >= 11 is 5.76. The van der Waals surface area contributed by atoms with Crippen LogP contribution in [0, 0.1) is 11.2 Å². The third-order valence-corrected chi connectivity index (χ3v) is 7.31. The summed E-state index contributed by atoms with van der Waals surface area (Å²) in [6.07, 6.45) is -4.57. The van der Waals surface area contributed by atoms with E-state index >= 15 is 0 Å². The maximum Gasteiger partial charge on any atom is 0.430 e. The molecule has 34 heavy (non-hydrogen) atoms. The van der Waals surface area contributed by atoms with Crippen molar-refractivity contribution < 1.29 is 32.3 Å². The van der Waals surface area contributed by atoms with Crippen LogP contribution in [0.3, 0.4) is 0 Å². The fraction of sp³-hybridized carbons (Fsp3) is 0.417. The summed E-state index contributed by atoms with van der Waals surface area (Å²) < 4.78 is 55.4. The average Bonchev–Trinajstić information content (AvgIpc) is 2.79. The molecule has 1 unspecified atom stereocenters. The largest absolute Gasteiger partial charge is 0.430 e. The Kier molecular flexibility index (Phi) is 6.37. The summed E-state index contributed by atoms with van der Waals surface area (Å²) in [5, 5.41) is 13.6. The zero-order valence-corrected chi connectivity index (χ0v) is 18.8. The number of carbonyl (C=O) groups excluding carboxylic acids is 2. The minimum Gasteiger partial charge on any atom is -0.369 e. The lowest BCUT2D eigenvalue weighted by Crippen LogP contribution is -2.59. The van der Waals surface area contributed by atoms with Crippen molar-refractivity contribution in [2.45, 2.75) is 37.0 Å². The number of hydrogen-bond donors (Lipinski definition) is 2. The molecule has 182 valence electrons. The Bertz CT molecular complexity index is 1070. The molecule has 2 heterocycles. The third-order valence-electron chi connectivity index (χ3n) is 7.06. The number of halogens is 5. The highest BCUT2D eigenvalue weighted by atomic mass is 35.5. The van der Waals surface area contributed by atoms with Crippen LogP contribution in [-0.2, 0) is 15.2 Å². The molecule has 10 heteroatoms. The lowest BCUT2D eigenvalue weighted by atomic mass is 9.62. The Morgan fingerprint density at radius 2 is 1.65 bits per heavy atom. The van der Waals surface area contributed by atoms with Crippen molar-refractivity contribution in [1.29, 1.82) is 0 Å². The number of piperidine rings is 2. The normalized spacial score (nSPS) is 22.2. The lowest BCUT2D eigenvalue weighted by Gasteiger charge is -2.50. The molecular formula is C24H23ClF4N2O3. The maximum absolute atomic E-state index is 14.0. The summed E-state index contributed by atoms with van der Waals surface area (Å²) in [5.74, 6) is -2.21. The van der Waals surface area contributed by atoms with Gasteiger partial charge in [-0.05, 0) is 48.1 Å². The number of nitrogens with zero attached hydrogens (tertiary/aromatic N) is 1. The first kappa shape index (κ1) is 24.5. The van der Waals surface area contributed by atoms with Gasteiger partial charge in [0.1, 0.15) is 5.82 Å². The van der Waals surface area contributed by atoms with E-state index in [9.17, 15) is 32.3 Å². The van der Waals surface area contributed by atoms with Crippen LogP contribution in [0.2, 0.25) is 5.02 Å². The van der Waals surface area contributed by atoms with E-state index in [0.29, 0.717) is 6.54 Å². The van der Waals surface area contributed by atoms with Crippen LogP contribution < -0.4 is 5.32 Å². The van der Waals surface area contributed by atoms with E-state index in [-0.39, 0.29) is 49.2 Å². The minimum atomic E-state index is -5.26. The van der Waals surface area contributed by atoms with Crippen molar-refractivity contribution in [3.63, 3.8) is 0 Å². The molecule has 5 nitrogen and oxygen atoms in total. The lowest BCUT2D eigenvalue weighted by molar-refractivity contribution is -0.262. The highest BCUT2D eigenvalue weighted by Crippen LogP contribution is 2.50. The molecule has 2 N–H and O–H groups in total. The Balaban J connectivity index is 1.59. The molecule has 0 aromatic heterocycles. The van der Waals surface area contributed by atoms with Gasteiger partial charge in [0.15, 0.2) is 0 Å². The molecule has 4 rings (SSSR count). The smallest absolute Gasteiger partial charge is 0.369 e. The van der Waals surface area contributed by atoms with Crippen molar-refractivity contribution in [1.82, 2.24) is 10.2 Å². The van der Waals surface area contributed by atoms with E-state index in [2.05, 4.69) is 5.32 Å². The van der Waals surface area contributed by atoms with Crippen LogP contribution >= 0.6 is 11.6 Å². The number of likely N-dealkylation sites (tertiary alicyclic amines) is 1. The van der Waals surface area contributed by atoms with Crippen LogP contribution in [0.5, 0.6) is 0 Å². The molecule has 2 aromatic carbocycles. The molecule has 2 aliphatic rings. The first-order chi connectivity index (χ1) is 16.0. The topological polar surface area (TPSA) is 69.6 Å². The van der Waals surface area contributed by atoms with Gasteiger partial charge in [-0.15, -0.1) is 0 Å². The predicted molar refractivity (Wildman–Crippen MR) is 116 cm³/mol. The molecule has 0 saturated carbocycles. The van der Waals surface area contributed by atoms with Crippen LogP contribution in [0.1, 0.15) is 36.3 Å². The second kappa shape index (κ2) is 8.85. The van der Waals surface area contributed by atoms with Crippen molar-refractivity contribution in [2.24, 2.45) is 5.41 Å². The third kappa shape index (κ3) is 4.27. The van der Waals surface area contributed by atoms with E-state index in [1.165, 1.54) is 24.3 Å². The van der Waals surface area contributed by atoms with Crippen molar-refractivity contribution in [2.75, 3.05) is 19.6 Å². The van der Waals surface area contributed by atoms with E-state index in [4.69, 9.17) is 11.6 Å². The van der Waals surface area contributed by atoms with Crippen molar-refractivity contribution >= 4 is 23.4 Å². The molecule has 2 saturated heterocycles. The van der Waals surface area contributed by atoms with Crippen LogP contribution in [-0.4, -0.2) is 47.6 Å². The number of carbonyl (C=O) groups is 2. The summed E-state index contributed by atoms with van der Waals surface area (Å²) in [6, 6.07) is 10.3. The number of alkyl halides is 3. The molecule has 2 fully saturated rings. The van der Waals surface area contributed by atoms with Gasteiger partial charge < -0.3 is 15.3 Å². The molecular weight excluding hydrogens is 476 g/mol. The molecule has 0 bridgehead atoms. The monoisotopic (exact) mass is 498 g/mol. The molecule has 2 aromatic rings. The van der Waals surface area contributed by atoms with Gasteiger partial charge >= 0.3 is 6.18 Å².